The van der Waals surface area contributed by atoms with E-state index in [4.69, 9.17) is 0 Å². The summed E-state index contributed by atoms with van der Waals surface area (Å²) in [5, 5.41) is 0. The first-order valence-corrected chi connectivity index (χ1v) is 7.79. The molecule has 0 bridgehead atoms. The summed E-state index contributed by atoms with van der Waals surface area (Å²) in [6, 6.07) is 22.8. The van der Waals surface area contributed by atoms with Gasteiger partial charge in [0.05, 0.1) is 5.69 Å². The minimum Gasteiger partial charge on any atom is -0.256 e. The molecule has 2 heteroatoms. The fourth-order valence-electron chi connectivity index (χ4n) is 2.32. The van der Waals surface area contributed by atoms with Crippen LogP contribution in [0.25, 0.3) is 26.0 Å². The van der Waals surface area contributed by atoms with Crippen molar-refractivity contribution in [3.63, 3.8) is 0 Å². The summed E-state index contributed by atoms with van der Waals surface area (Å²) >= 11 is 2.26. The SMILES string of the molecule is C=C(I)c1ccc(-c2ccccc2)cc1-c1ccccn1. The summed E-state index contributed by atoms with van der Waals surface area (Å²) < 4.78 is 1.02. The Morgan fingerprint density at radius 3 is 2.29 bits per heavy atom. The molecule has 0 saturated heterocycles. The van der Waals surface area contributed by atoms with Crippen LogP contribution in [0, 0.1) is 0 Å². The molecule has 0 aliphatic carbocycles. The molecule has 0 unspecified atom stereocenters. The van der Waals surface area contributed by atoms with Gasteiger partial charge in [-0.3, -0.25) is 4.98 Å². The minimum absolute atomic E-state index is 0.975. The summed E-state index contributed by atoms with van der Waals surface area (Å²) in [5.74, 6) is 0. The van der Waals surface area contributed by atoms with Crippen molar-refractivity contribution in [1.82, 2.24) is 4.98 Å². The molecular weight excluding hydrogens is 369 g/mol. The molecule has 2 aromatic carbocycles. The number of benzene rings is 2. The lowest BCUT2D eigenvalue weighted by Gasteiger charge is -2.11. The van der Waals surface area contributed by atoms with Gasteiger partial charge in [0, 0.05) is 15.3 Å². The molecule has 0 aliphatic rings. The van der Waals surface area contributed by atoms with E-state index in [2.05, 4.69) is 76.6 Å². The summed E-state index contributed by atoms with van der Waals surface area (Å²) in [6.07, 6.45) is 1.82. The molecule has 0 saturated carbocycles. The zero-order valence-corrected chi connectivity index (χ0v) is 13.6. The van der Waals surface area contributed by atoms with Gasteiger partial charge in [0.1, 0.15) is 0 Å². The maximum absolute atomic E-state index is 4.48. The predicted molar refractivity (Wildman–Crippen MR) is 98.2 cm³/mol. The van der Waals surface area contributed by atoms with E-state index in [1.807, 2.05) is 30.5 Å². The van der Waals surface area contributed by atoms with Crippen LogP contribution in [0.5, 0.6) is 0 Å². The minimum atomic E-state index is 0.975. The number of rotatable bonds is 3. The highest BCUT2D eigenvalue weighted by atomic mass is 127. The van der Waals surface area contributed by atoms with E-state index in [1.54, 1.807) is 0 Å². The third kappa shape index (κ3) is 3.05. The first-order chi connectivity index (χ1) is 10.3. The van der Waals surface area contributed by atoms with Crippen LogP contribution in [0.2, 0.25) is 0 Å². The van der Waals surface area contributed by atoms with Crippen molar-refractivity contribution < 1.29 is 0 Å². The van der Waals surface area contributed by atoms with Crippen molar-refractivity contribution in [1.29, 1.82) is 0 Å². The highest BCUT2D eigenvalue weighted by Crippen LogP contribution is 2.33. The second-order valence-electron chi connectivity index (χ2n) is 4.75. The third-order valence-electron chi connectivity index (χ3n) is 3.36. The lowest BCUT2D eigenvalue weighted by Crippen LogP contribution is -1.89. The van der Waals surface area contributed by atoms with E-state index in [0.29, 0.717) is 0 Å². The normalized spacial score (nSPS) is 10.3. The Balaban J connectivity index is 2.18. The molecule has 1 aromatic heterocycles. The van der Waals surface area contributed by atoms with E-state index in [1.165, 1.54) is 11.1 Å². The van der Waals surface area contributed by atoms with Crippen molar-refractivity contribution in [3.05, 3.63) is 85.1 Å². The van der Waals surface area contributed by atoms with Gasteiger partial charge in [-0.25, -0.2) is 0 Å². The lowest BCUT2D eigenvalue weighted by molar-refractivity contribution is 1.32. The van der Waals surface area contributed by atoms with Crippen LogP contribution in [-0.4, -0.2) is 4.98 Å². The topological polar surface area (TPSA) is 12.9 Å². The molecule has 0 aliphatic heterocycles. The van der Waals surface area contributed by atoms with Crippen LogP contribution in [0.3, 0.4) is 0 Å². The van der Waals surface area contributed by atoms with E-state index < -0.39 is 0 Å². The van der Waals surface area contributed by atoms with E-state index in [0.717, 1.165) is 20.4 Å². The van der Waals surface area contributed by atoms with Crippen LogP contribution >= 0.6 is 22.6 Å². The van der Waals surface area contributed by atoms with Gasteiger partial charge in [-0.1, -0.05) is 55.1 Å². The Labute approximate surface area is 138 Å². The van der Waals surface area contributed by atoms with Crippen LogP contribution in [0.1, 0.15) is 5.56 Å². The average Bonchev–Trinajstić information content (AvgIpc) is 2.56. The zero-order valence-electron chi connectivity index (χ0n) is 11.5. The smallest absolute Gasteiger partial charge is 0.0708 e. The van der Waals surface area contributed by atoms with Crippen molar-refractivity contribution in [2.75, 3.05) is 0 Å². The number of halogens is 1. The van der Waals surface area contributed by atoms with Crippen LogP contribution in [0.15, 0.2) is 79.5 Å². The molecule has 1 heterocycles. The highest BCUT2D eigenvalue weighted by molar-refractivity contribution is 14.1. The van der Waals surface area contributed by atoms with Crippen molar-refractivity contribution in [2.24, 2.45) is 0 Å². The maximum atomic E-state index is 4.48. The van der Waals surface area contributed by atoms with E-state index in [9.17, 15) is 0 Å². The molecule has 0 N–H and O–H groups in total. The molecule has 0 radical (unpaired) electrons. The number of hydrogen-bond donors (Lipinski definition) is 0. The van der Waals surface area contributed by atoms with Crippen molar-refractivity contribution >= 4 is 26.2 Å². The quantitative estimate of drug-likeness (QED) is 0.520. The van der Waals surface area contributed by atoms with Gasteiger partial charge in [0.15, 0.2) is 0 Å². The molecule has 0 atom stereocenters. The Morgan fingerprint density at radius 2 is 1.62 bits per heavy atom. The van der Waals surface area contributed by atoms with Gasteiger partial charge in [-0.2, -0.15) is 0 Å². The third-order valence-corrected chi connectivity index (χ3v) is 3.94. The van der Waals surface area contributed by atoms with E-state index >= 15 is 0 Å². The molecular formula is C19H14IN. The largest absolute Gasteiger partial charge is 0.256 e. The van der Waals surface area contributed by atoms with Crippen molar-refractivity contribution in [3.8, 4) is 22.4 Å². The van der Waals surface area contributed by atoms with Gasteiger partial charge in [-0.15, -0.1) is 0 Å². The van der Waals surface area contributed by atoms with Crippen LogP contribution in [0.4, 0.5) is 0 Å². The molecule has 3 rings (SSSR count). The fourth-order valence-corrected chi connectivity index (χ4v) is 2.80. The Bertz CT molecular complexity index is 764. The highest BCUT2D eigenvalue weighted by Gasteiger charge is 2.09. The molecule has 21 heavy (non-hydrogen) atoms. The number of hydrogen-bond acceptors (Lipinski definition) is 1. The summed E-state index contributed by atoms with van der Waals surface area (Å²) in [4.78, 5) is 4.48. The van der Waals surface area contributed by atoms with Gasteiger partial charge < -0.3 is 0 Å². The standard InChI is InChI=1S/C19H14IN/c1-14(20)17-11-10-16(15-7-3-2-4-8-15)13-18(17)19-9-5-6-12-21-19/h2-13H,1H2. The molecule has 102 valence electrons. The predicted octanol–water partition coefficient (Wildman–Crippen LogP) is 5.82. The fraction of sp³-hybridized carbons (Fsp3) is 0. The van der Waals surface area contributed by atoms with Crippen LogP contribution < -0.4 is 0 Å². The summed E-state index contributed by atoms with van der Waals surface area (Å²) in [7, 11) is 0. The lowest BCUT2D eigenvalue weighted by atomic mass is 9.97. The summed E-state index contributed by atoms with van der Waals surface area (Å²) in [5.41, 5.74) is 5.63. The second-order valence-corrected chi connectivity index (χ2v) is 6.05. The molecule has 1 nitrogen and oxygen atoms in total. The number of nitrogens with zero attached hydrogens (tertiary/aromatic N) is 1. The van der Waals surface area contributed by atoms with Gasteiger partial charge in [-0.05, 0) is 57.5 Å². The zero-order chi connectivity index (χ0) is 14.7. The number of pyridine rings is 1. The summed E-state index contributed by atoms with van der Waals surface area (Å²) in [6.45, 7) is 4.07. The average molecular weight is 383 g/mol. The Kier molecular flexibility index (Phi) is 4.15. The first-order valence-electron chi connectivity index (χ1n) is 6.71. The number of aromatic nitrogens is 1. The molecule has 3 aromatic rings. The van der Waals surface area contributed by atoms with Gasteiger partial charge in [0.25, 0.3) is 0 Å². The Morgan fingerprint density at radius 1 is 0.857 bits per heavy atom. The molecule has 0 amide bonds. The first kappa shape index (κ1) is 14.0. The van der Waals surface area contributed by atoms with Gasteiger partial charge in [0.2, 0.25) is 0 Å². The molecule has 0 spiro atoms. The molecule has 0 fully saturated rings. The van der Waals surface area contributed by atoms with E-state index in [-0.39, 0.29) is 0 Å². The monoisotopic (exact) mass is 383 g/mol. The van der Waals surface area contributed by atoms with Crippen molar-refractivity contribution in [2.45, 2.75) is 0 Å². The maximum Gasteiger partial charge on any atom is 0.0708 e. The van der Waals surface area contributed by atoms with Crippen LogP contribution in [-0.2, 0) is 0 Å². The second kappa shape index (κ2) is 6.22. The Hall–Kier alpha value is -1.94. The van der Waals surface area contributed by atoms with Gasteiger partial charge >= 0.3 is 0 Å².